The Hall–Kier alpha value is -2.87. The fourth-order valence-electron chi connectivity index (χ4n) is 2.99. The molecule has 1 N–H and O–H groups in total. The Labute approximate surface area is 196 Å². The highest BCUT2D eigenvalue weighted by Gasteiger charge is 2.29. The molecule has 0 atom stereocenters. The zero-order valence-electron chi connectivity index (χ0n) is 17.0. The van der Waals surface area contributed by atoms with Gasteiger partial charge in [-0.15, -0.1) is 6.58 Å². The second-order valence-corrected chi connectivity index (χ2v) is 9.50. The van der Waals surface area contributed by atoms with Crippen molar-refractivity contribution in [2.75, 3.05) is 16.2 Å². The minimum atomic E-state index is -4.22. The monoisotopic (exact) mass is 492 g/mol. The number of nitrogens with zero attached hydrogens (tertiary/aromatic N) is 1. The zero-order valence-corrected chi connectivity index (χ0v) is 19.3. The normalized spacial score (nSPS) is 11.1. The lowest BCUT2D eigenvalue weighted by atomic mass is 10.2. The Morgan fingerprint density at radius 1 is 1.09 bits per heavy atom. The molecule has 0 aliphatic rings. The van der Waals surface area contributed by atoms with Crippen molar-refractivity contribution in [2.45, 2.75) is 11.8 Å². The van der Waals surface area contributed by atoms with Gasteiger partial charge in [-0.1, -0.05) is 47.5 Å². The van der Waals surface area contributed by atoms with Gasteiger partial charge in [-0.05, 0) is 55.0 Å². The average molecular weight is 493 g/mol. The molecule has 0 bridgehead atoms. The molecule has 32 heavy (non-hydrogen) atoms. The summed E-state index contributed by atoms with van der Waals surface area (Å²) >= 11 is 12.4. The maximum atomic E-state index is 14.0. The number of amides is 1. The molecule has 0 aliphatic carbocycles. The van der Waals surface area contributed by atoms with Crippen molar-refractivity contribution in [1.82, 2.24) is 0 Å². The number of hydrogen-bond acceptors (Lipinski definition) is 3. The molecule has 166 valence electrons. The van der Waals surface area contributed by atoms with Crippen molar-refractivity contribution in [2.24, 2.45) is 0 Å². The molecule has 0 unspecified atom stereocenters. The molecule has 5 nitrogen and oxygen atoms in total. The summed E-state index contributed by atoms with van der Waals surface area (Å²) < 4.78 is 42.0. The number of aryl methyl sites for hydroxylation is 1. The minimum Gasteiger partial charge on any atom is -0.319 e. The number of para-hydroxylation sites is 1. The third kappa shape index (κ3) is 4.96. The van der Waals surface area contributed by atoms with Gasteiger partial charge in [0.05, 0.1) is 28.0 Å². The molecular weight excluding hydrogens is 474 g/mol. The Balaban J connectivity index is 2.03. The van der Waals surface area contributed by atoms with Crippen molar-refractivity contribution in [3.63, 3.8) is 0 Å². The number of carbonyl (C=O) groups is 1. The number of nitrogens with one attached hydrogen (secondary N) is 1. The van der Waals surface area contributed by atoms with Crippen LogP contribution in [0.5, 0.6) is 0 Å². The summed E-state index contributed by atoms with van der Waals surface area (Å²) in [6, 6.07) is 14.5. The Bertz CT molecular complexity index is 1300. The third-order valence-corrected chi connectivity index (χ3v) is 7.13. The number of benzene rings is 3. The topological polar surface area (TPSA) is 66.5 Å². The second-order valence-electron chi connectivity index (χ2n) is 6.86. The highest BCUT2D eigenvalue weighted by Crippen LogP contribution is 2.33. The maximum Gasteiger partial charge on any atom is 0.266 e. The van der Waals surface area contributed by atoms with Gasteiger partial charge in [0.1, 0.15) is 10.7 Å². The molecule has 0 aromatic heterocycles. The first-order valence-electron chi connectivity index (χ1n) is 9.40. The summed E-state index contributed by atoms with van der Waals surface area (Å²) in [6.45, 7) is 5.29. The van der Waals surface area contributed by atoms with Crippen molar-refractivity contribution in [1.29, 1.82) is 0 Å². The van der Waals surface area contributed by atoms with Crippen molar-refractivity contribution in [3.8, 4) is 0 Å². The van der Waals surface area contributed by atoms with Crippen LogP contribution in [0.15, 0.2) is 78.2 Å². The van der Waals surface area contributed by atoms with Crippen molar-refractivity contribution < 1.29 is 17.6 Å². The lowest BCUT2D eigenvalue weighted by Crippen LogP contribution is -2.32. The number of carbonyl (C=O) groups excluding carboxylic acids is 1. The molecule has 3 rings (SSSR count). The van der Waals surface area contributed by atoms with Crippen LogP contribution in [-0.2, 0) is 10.0 Å². The molecule has 0 radical (unpaired) electrons. The van der Waals surface area contributed by atoms with E-state index >= 15 is 0 Å². The zero-order chi connectivity index (χ0) is 23.5. The van der Waals surface area contributed by atoms with Gasteiger partial charge in [0.2, 0.25) is 0 Å². The van der Waals surface area contributed by atoms with E-state index < -0.39 is 21.7 Å². The Morgan fingerprint density at radius 3 is 2.50 bits per heavy atom. The number of sulfonamides is 1. The standard InChI is InChI=1S/C23H19Cl2FN2O3S/c1-3-12-28(21-7-5-4-6-17(21)24)32(30,31)22-14-16(9-10-18(22)25)23(29)27-20-13-15(2)8-11-19(20)26/h3-11,13-14H,1,12H2,2H3,(H,27,29). The molecule has 3 aromatic carbocycles. The van der Waals surface area contributed by atoms with Crippen LogP contribution in [0.4, 0.5) is 15.8 Å². The molecule has 0 fully saturated rings. The van der Waals surface area contributed by atoms with E-state index in [2.05, 4.69) is 11.9 Å². The van der Waals surface area contributed by atoms with Crippen LogP contribution < -0.4 is 9.62 Å². The van der Waals surface area contributed by atoms with Crippen LogP contribution in [-0.4, -0.2) is 20.9 Å². The molecule has 0 saturated carbocycles. The SMILES string of the molecule is C=CCN(c1ccccc1Cl)S(=O)(=O)c1cc(C(=O)Nc2cc(C)ccc2F)ccc1Cl. The summed E-state index contributed by atoms with van der Waals surface area (Å²) in [7, 11) is -4.22. The molecule has 1 amide bonds. The van der Waals surface area contributed by atoms with Gasteiger partial charge >= 0.3 is 0 Å². The van der Waals surface area contributed by atoms with Crippen LogP contribution >= 0.6 is 23.2 Å². The highest BCUT2D eigenvalue weighted by atomic mass is 35.5. The first-order chi connectivity index (χ1) is 15.1. The second kappa shape index (κ2) is 9.73. The van der Waals surface area contributed by atoms with E-state index in [4.69, 9.17) is 23.2 Å². The molecule has 3 aromatic rings. The number of hydrogen-bond donors (Lipinski definition) is 1. The highest BCUT2D eigenvalue weighted by molar-refractivity contribution is 7.93. The van der Waals surface area contributed by atoms with E-state index in [-0.39, 0.29) is 38.4 Å². The molecule has 0 saturated heterocycles. The van der Waals surface area contributed by atoms with E-state index in [1.165, 1.54) is 30.3 Å². The summed E-state index contributed by atoms with van der Waals surface area (Å²) in [4.78, 5) is 12.4. The van der Waals surface area contributed by atoms with Crippen molar-refractivity contribution >= 4 is 50.5 Å². The number of halogens is 3. The van der Waals surface area contributed by atoms with Gasteiger partial charge in [0.15, 0.2) is 0 Å². The van der Waals surface area contributed by atoms with E-state index in [1.54, 1.807) is 37.3 Å². The van der Waals surface area contributed by atoms with Gasteiger partial charge in [-0.25, -0.2) is 12.8 Å². The number of rotatable bonds is 7. The summed E-state index contributed by atoms with van der Waals surface area (Å²) in [5, 5.41) is 2.60. The van der Waals surface area contributed by atoms with Gasteiger partial charge < -0.3 is 5.32 Å². The Morgan fingerprint density at radius 2 is 1.81 bits per heavy atom. The molecule has 0 heterocycles. The van der Waals surface area contributed by atoms with Crippen molar-refractivity contribution in [3.05, 3.63) is 100 Å². The molecule has 0 aliphatic heterocycles. The van der Waals surface area contributed by atoms with Gasteiger partial charge in [0, 0.05) is 5.56 Å². The van der Waals surface area contributed by atoms with Crippen LogP contribution in [0.2, 0.25) is 10.0 Å². The van der Waals surface area contributed by atoms with Crippen LogP contribution in [0.1, 0.15) is 15.9 Å². The summed E-state index contributed by atoms with van der Waals surface area (Å²) in [6.07, 6.45) is 1.41. The molecule has 9 heteroatoms. The number of anilines is 2. The predicted octanol–water partition coefficient (Wildman–Crippen LogP) is 6.07. The lowest BCUT2D eigenvalue weighted by Gasteiger charge is -2.24. The maximum absolute atomic E-state index is 14.0. The fraction of sp³-hybridized carbons (Fsp3) is 0.0870. The smallest absolute Gasteiger partial charge is 0.266 e. The summed E-state index contributed by atoms with van der Waals surface area (Å²) in [5.74, 6) is -1.29. The van der Waals surface area contributed by atoms with E-state index in [0.29, 0.717) is 0 Å². The molecule has 0 spiro atoms. The van der Waals surface area contributed by atoms with E-state index in [9.17, 15) is 17.6 Å². The van der Waals surface area contributed by atoms with Gasteiger partial charge in [-0.2, -0.15) is 0 Å². The van der Waals surface area contributed by atoms with Crippen LogP contribution in [0, 0.1) is 12.7 Å². The minimum absolute atomic E-state index is 0.00778. The first kappa shape index (κ1) is 23.8. The van der Waals surface area contributed by atoms with Crippen LogP contribution in [0.3, 0.4) is 0 Å². The quantitative estimate of drug-likeness (QED) is 0.406. The van der Waals surface area contributed by atoms with Gasteiger partial charge in [-0.3, -0.25) is 9.10 Å². The lowest BCUT2D eigenvalue weighted by molar-refractivity contribution is 0.102. The predicted molar refractivity (Wildman–Crippen MR) is 127 cm³/mol. The first-order valence-corrected chi connectivity index (χ1v) is 11.6. The average Bonchev–Trinajstić information content (AvgIpc) is 2.75. The fourth-order valence-corrected chi connectivity index (χ4v) is 5.23. The van der Waals surface area contributed by atoms with E-state index in [1.807, 2.05) is 0 Å². The van der Waals surface area contributed by atoms with E-state index in [0.717, 1.165) is 15.9 Å². The Kier molecular flexibility index (Phi) is 7.23. The molecular formula is C23H19Cl2FN2O3S. The summed E-state index contributed by atoms with van der Waals surface area (Å²) in [5.41, 5.74) is 0.966. The third-order valence-electron chi connectivity index (χ3n) is 4.55. The van der Waals surface area contributed by atoms with Gasteiger partial charge in [0.25, 0.3) is 15.9 Å². The largest absolute Gasteiger partial charge is 0.319 e. The van der Waals surface area contributed by atoms with Crippen LogP contribution in [0.25, 0.3) is 0 Å².